The number of nitrogens with zero attached hydrogens (tertiary/aromatic N) is 2. The molecule has 1 aromatic heterocycles. The number of rotatable bonds is 3. The van der Waals surface area contributed by atoms with Crippen LogP contribution in [-0.4, -0.2) is 16.7 Å². The molecular weight excluding hydrogens is 238 g/mol. The molecule has 0 unspecified atom stereocenters. The fraction of sp³-hybridized carbons (Fsp3) is 0.167. The summed E-state index contributed by atoms with van der Waals surface area (Å²) in [5, 5.41) is 6.24. The number of H-pyrrole nitrogens is 1. The number of benzene rings is 1. The van der Waals surface area contributed by atoms with Crippen LogP contribution >= 0.6 is 11.6 Å². The van der Waals surface area contributed by atoms with Gasteiger partial charge < -0.3 is 4.90 Å². The lowest BCUT2D eigenvalue weighted by molar-refractivity contribution is 0.950. The summed E-state index contributed by atoms with van der Waals surface area (Å²) >= 11 is 5.99. The zero-order chi connectivity index (χ0) is 12.3. The van der Waals surface area contributed by atoms with E-state index in [1.807, 2.05) is 42.2 Å². The summed E-state index contributed by atoms with van der Waals surface area (Å²) in [6.07, 6.45) is 1.56. The third-order valence-electron chi connectivity index (χ3n) is 2.45. The van der Waals surface area contributed by atoms with E-state index >= 15 is 0 Å². The van der Waals surface area contributed by atoms with E-state index in [0.717, 1.165) is 5.69 Å². The summed E-state index contributed by atoms with van der Waals surface area (Å²) in [5.41, 5.74) is 1.21. The predicted molar refractivity (Wildman–Crippen MR) is 69.0 cm³/mol. The first-order chi connectivity index (χ1) is 8.24. The molecule has 0 aliphatic rings. The monoisotopic (exact) mass is 249 g/mol. The molecule has 1 heterocycles. The van der Waals surface area contributed by atoms with Crippen molar-refractivity contribution in [2.75, 3.05) is 11.4 Å². The quantitative estimate of drug-likeness (QED) is 0.910. The van der Waals surface area contributed by atoms with Gasteiger partial charge in [-0.1, -0.05) is 29.8 Å². The van der Waals surface area contributed by atoms with Gasteiger partial charge in [-0.15, -0.1) is 0 Å². The lowest BCUT2D eigenvalue weighted by Crippen LogP contribution is -2.20. The van der Waals surface area contributed by atoms with Crippen molar-refractivity contribution in [1.82, 2.24) is 10.2 Å². The standard InChI is InChI=1S/C12H12ClN3O/c1-2-16(9-6-4-3-5-7-9)10-8-14-15-12(17)11(10)13/h3-8H,2H2,1H3,(H,15,17). The molecule has 0 aliphatic heterocycles. The molecule has 0 saturated carbocycles. The molecule has 17 heavy (non-hydrogen) atoms. The summed E-state index contributed by atoms with van der Waals surface area (Å²) in [4.78, 5) is 13.3. The first-order valence-corrected chi connectivity index (χ1v) is 5.67. The second-order valence-electron chi connectivity index (χ2n) is 3.48. The molecule has 88 valence electrons. The van der Waals surface area contributed by atoms with E-state index in [1.54, 1.807) is 6.20 Å². The van der Waals surface area contributed by atoms with Gasteiger partial charge in [0.2, 0.25) is 0 Å². The van der Waals surface area contributed by atoms with Crippen molar-refractivity contribution >= 4 is 23.0 Å². The molecule has 0 spiro atoms. The summed E-state index contributed by atoms with van der Waals surface area (Å²) in [5.74, 6) is 0. The van der Waals surface area contributed by atoms with E-state index < -0.39 is 0 Å². The molecular formula is C12H12ClN3O. The van der Waals surface area contributed by atoms with Gasteiger partial charge in [0.1, 0.15) is 5.02 Å². The topological polar surface area (TPSA) is 49.0 Å². The second kappa shape index (κ2) is 5.01. The first kappa shape index (κ1) is 11.7. The van der Waals surface area contributed by atoms with Crippen molar-refractivity contribution in [1.29, 1.82) is 0 Å². The van der Waals surface area contributed by atoms with E-state index in [4.69, 9.17) is 11.6 Å². The Hall–Kier alpha value is -1.81. The Labute approximate surface area is 104 Å². The number of para-hydroxylation sites is 1. The first-order valence-electron chi connectivity index (χ1n) is 5.29. The number of hydrogen-bond donors (Lipinski definition) is 1. The van der Waals surface area contributed by atoms with Crippen LogP contribution in [-0.2, 0) is 0 Å². The van der Waals surface area contributed by atoms with Crippen LogP contribution in [0.2, 0.25) is 5.02 Å². The highest BCUT2D eigenvalue weighted by atomic mass is 35.5. The zero-order valence-electron chi connectivity index (χ0n) is 9.35. The van der Waals surface area contributed by atoms with Crippen LogP contribution in [0.1, 0.15) is 6.92 Å². The molecule has 2 rings (SSSR count). The average molecular weight is 250 g/mol. The minimum absolute atomic E-state index is 0.158. The van der Waals surface area contributed by atoms with Crippen LogP contribution < -0.4 is 10.5 Å². The maximum absolute atomic E-state index is 11.4. The molecule has 4 nitrogen and oxygen atoms in total. The molecule has 5 heteroatoms. The van der Waals surface area contributed by atoms with Gasteiger partial charge in [0.05, 0.1) is 11.9 Å². The largest absolute Gasteiger partial charge is 0.339 e. The molecule has 2 aromatic rings. The van der Waals surface area contributed by atoms with E-state index in [2.05, 4.69) is 10.2 Å². The van der Waals surface area contributed by atoms with E-state index in [1.165, 1.54) is 0 Å². The lowest BCUT2D eigenvalue weighted by Gasteiger charge is -2.23. The van der Waals surface area contributed by atoms with Crippen LogP contribution in [0.3, 0.4) is 0 Å². The molecule has 0 aliphatic carbocycles. The van der Waals surface area contributed by atoms with Crippen molar-refractivity contribution in [2.24, 2.45) is 0 Å². The van der Waals surface area contributed by atoms with Gasteiger partial charge in [0.25, 0.3) is 5.56 Å². The summed E-state index contributed by atoms with van der Waals surface area (Å²) < 4.78 is 0. The molecule has 1 N–H and O–H groups in total. The summed E-state index contributed by atoms with van der Waals surface area (Å²) in [6.45, 7) is 2.69. The average Bonchev–Trinajstić information content (AvgIpc) is 2.37. The van der Waals surface area contributed by atoms with Gasteiger partial charge in [-0.25, -0.2) is 5.10 Å². The van der Waals surface area contributed by atoms with Crippen LogP contribution in [0.5, 0.6) is 0 Å². The van der Waals surface area contributed by atoms with Crippen molar-refractivity contribution in [3.8, 4) is 0 Å². The van der Waals surface area contributed by atoms with Gasteiger partial charge in [0, 0.05) is 12.2 Å². The fourth-order valence-electron chi connectivity index (χ4n) is 1.66. The molecule has 0 bridgehead atoms. The molecule has 1 aromatic carbocycles. The SMILES string of the molecule is CCN(c1ccccc1)c1cn[nH]c(=O)c1Cl. The highest BCUT2D eigenvalue weighted by Crippen LogP contribution is 2.27. The predicted octanol–water partition coefficient (Wildman–Crippen LogP) is 2.58. The molecule has 0 saturated heterocycles. The third kappa shape index (κ3) is 2.31. The van der Waals surface area contributed by atoms with Gasteiger partial charge in [-0.3, -0.25) is 4.79 Å². The molecule has 0 atom stereocenters. The van der Waals surface area contributed by atoms with E-state index in [-0.39, 0.29) is 10.6 Å². The Morgan fingerprint density at radius 2 is 2.06 bits per heavy atom. The normalized spacial score (nSPS) is 10.2. The molecule has 0 fully saturated rings. The molecule has 0 amide bonds. The minimum Gasteiger partial charge on any atom is -0.339 e. The van der Waals surface area contributed by atoms with Crippen LogP contribution in [0.25, 0.3) is 0 Å². The summed E-state index contributed by atoms with van der Waals surface area (Å²) in [6, 6.07) is 9.73. The smallest absolute Gasteiger partial charge is 0.285 e. The maximum Gasteiger partial charge on any atom is 0.285 e. The van der Waals surface area contributed by atoms with Crippen molar-refractivity contribution in [2.45, 2.75) is 6.92 Å². The highest BCUT2D eigenvalue weighted by Gasteiger charge is 2.13. The zero-order valence-corrected chi connectivity index (χ0v) is 10.1. The number of nitrogens with one attached hydrogen (secondary N) is 1. The fourth-order valence-corrected chi connectivity index (χ4v) is 1.86. The van der Waals surface area contributed by atoms with Crippen LogP contribution in [0.15, 0.2) is 41.3 Å². The van der Waals surface area contributed by atoms with Crippen molar-refractivity contribution < 1.29 is 0 Å². The number of aromatic nitrogens is 2. The minimum atomic E-state index is -0.376. The van der Waals surface area contributed by atoms with Gasteiger partial charge in [-0.2, -0.15) is 5.10 Å². The number of anilines is 2. The third-order valence-corrected chi connectivity index (χ3v) is 2.82. The van der Waals surface area contributed by atoms with Crippen LogP contribution in [0, 0.1) is 0 Å². The van der Waals surface area contributed by atoms with Gasteiger partial charge in [0.15, 0.2) is 0 Å². The number of hydrogen-bond acceptors (Lipinski definition) is 3. The maximum atomic E-state index is 11.4. The number of halogens is 1. The van der Waals surface area contributed by atoms with Crippen molar-refractivity contribution in [3.05, 3.63) is 51.9 Å². The lowest BCUT2D eigenvalue weighted by atomic mass is 10.2. The van der Waals surface area contributed by atoms with E-state index in [0.29, 0.717) is 12.2 Å². The summed E-state index contributed by atoms with van der Waals surface area (Å²) in [7, 11) is 0. The van der Waals surface area contributed by atoms with Crippen molar-refractivity contribution in [3.63, 3.8) is 0 Å². The highest BCUT2D eigenvalue weighted by molar-refractivity contribution is 6.33. The van der Waals surface area contributed by atoms with Gasteiger partial charge >= 0.3 is 0 Å². The Morgan fingerprint density at radius 1 is 1.35 bits per heavy atom. The van der Waals surface area contributed by atoms with Gasteiger partial charge in [-0.05, 0) is 19.1 Å². The van der Waals surface area contributed by atoms with E-state index in [9.17, 15) is 4.79 Å². The Morgan fingerprint density at radius 3 is 2.71 bits per heavy atom. The second-order valence-corrected chi connectivity index (χ2v) is 3.86. The Bertz CT molecular complexity index is 553. The number of aromatic amines is 1. The Kier molecular flexibility index (Phi) is 3.44. The molecule has 0 radical (unpaired) electrons. The van der Waals surface area contributed by atoms with Crippen LogP contribution in [0.4, 0.5) is 11.4 Å². The Balaban J connectivity index is 2.50.